The van der Waals surface area contributed by atoms with Crippen LogP contribution in [0.3, 0.4) is 0 Å². The zero-order chi connectivity index (χ0) is 22.4. The fraction of sp³-hybridized carbons (Fsp3) is 0.500. The first-order valence-corrected chi connectivity index (χ1v) is 11.8. The predicted octanol–water partition coefficient (Wildman–Crippen LogP) is 2.35. The van der Waals surface area contributed by atoms with Crippen LogP contribution in [0.25, 0.3) is 0 Å². The third kappa shape index (κ3) is 3.93. The van der Waals surface area contributed by atoms with Gasteiger partial charge in [-0.1, -0.05) is 0 Å². The van der Waals surface area contributed by atoms with Crippen molar-refractivity contribution in [1.29, 1.82) is 0 Å². The summed E-state index contributed by atoms with van der Waals surface area (Å²) in [5.41, 5.74) is 4.70. The summed E-state index contributed by atoms with van der Waals surface area (Å²) >= 11 is 1.45. The zero-order valence-electron chi connectivity index (χ0n) is 18.4. The second kappa shape index (κ2) is 8.32. The van der Waals surface area contributed by atoms with Gasteiger partial charge >= 0.3 is 6.09 Å². The number of likely N-dealkylation sites (N-methyl/N-ethyl adjacent to an activating group) is 1. The molecule has 1 unspecified atom stereocenters. The maximum Gasteiger partial charge on any atom is 0.415 e. The fourth-order valence-corrected chi connectivity index (χ4v) is 5.35. The Kier molecular flexibility index (Phi) is 5.50. The molecule has 32 heavy (non-hydrogen) atoms. The molecular weight excluding hydrogens is 428 g/mol. The molecule has 168 valence electrons. The molecule has 1 aliphatic carbocycles. The maximum atomic E-state index is 12.5. The maximum absolute atomic E-state index is 12.5. The second-order valence-corrected chi connectivity index (χ2v) is 9.65. The summed E-state index contributed by atoms with van der Waals surface area (Å²) in [7, 11) is 2.13. The number of pyridine rings is 1. The monoisotopic (exact) mass is 454 g/mol. The Morgan fingerprint density at radius 3 is 2.62 bits per heavy atom. The number of fused-ring (bicyclic) bond motifs is 2. The number of rotatable bonds is 5. The fourth-order valence-electron chi connectivity index (χ4n) is 4.60. The first-order chi connectivity index (χ1) is 15.4. The molecule has 0 saturated carbocycles. The number of amides is 2. The van der Waals surface area contributed by atoms with E-state index in [1.54, 1.807) is 4.90 Å². The molecule has 3 aliphatic rings. The van der Waals surface area contributed by atoms with Crippen molar-refractivity contribution in [2.45, 2.75) is 50.2 Å². The smallest absolute Gasteiger partial charge is 0.415 e. The molecule has 5 rings (SSSR count). The van der Waals surface area contributed by atoms with E-state index in [1.165, 1.54) is 22.9 Å². The summed E-state index contributed by atoms with van der Waals surface area (Å²) in [5.74, 6) is 1.32. The van der Waals surface area contributed by atoms with Gasteiger partial charge in [-0.2, -0.15) is 10.2 Å². The van der Waals surface area contributed by atoms with E-state index in [2.05, 4.69) is 32.4 Å². The molecule has 0 radical (unpaired) electrons. The minimum Gasteiger partial charge on any atom is -0.444 e. The minimum atomic E-state index is -0.392. The lowest BCUT2D eigenvalue weighted by atomic mass is 10.1. The van der Waals surface area contributed by atoms with Crippen LogP contribution in [0.5, 0.6) is 0 Å². The number of cyclic esters (lactones) is 1. The highest BCUT2D eigenvalue weighted by Crippen LogP contribution is 2.33. The normalized spacial score (nSPS) is 20.4. The summed E-state index contributed by atoms with van der Waals surface area (Å²) < 4.78 is 5.61. The number of anilines is 2. The number of carbonyl (C=O) groups is 2. The lowest BCUT2D eigenvalue weighted by Gasteiger charge is -2.25. The summed E-state index contributed by atoms with van der Waals surface area (Å²) in [4.78, 5) is 33.4. The van der Waals surface area contributed by atoms with Crippen molar-refractivity contribution < 1.29 is 14.3 Å². The molecule has 2 amide bonds. The number of nitrogens with one attached hydrogen (secondary N) is 1. The highest BCUT2D eigenvalue weighted by Gasteiger charge is 2.35. The average molecular weight is 455 g/mol. The molecule has 2 aliphatic heterocycles. The van der Waals surface area contributed by atoms with E-state index in [0.717, 1.165) is 42.1 Å². The Morgan fingerprint density at radius 1 is 1.19 bits per heavy atom. The number of aryl methyl sites for hydroxylation is 2. The van der Waals surface area contributed by atoms with E-state index >= 15 is 0 Å². The van der Waals surface area contributed by atoms with E-state index < -0.39 is 6.09 Å². The molecule has 1 saturated heterocycles. The van der Waals surface area contributed by atoms with Crippen LogP contribution in [-0.2, 0) is 22.4 Å². The molecule has 2 aromatic rings. The topological polar surface area (TPSA) is 101 Å². The minimum absolute atomic E-state index is 0.0805. The number of thioether (sulfide) groups is 1. The molecule has 1 atom stereocenters. The van der Waals surface area contributed by atoms with Crippen LogP contribution < -0.4 is 10.2 Å². The Bertz CT molecular complexity index is 1060. The van der Waals surface area contributed by atoms with Crippen molar-refractivity contribution in [1.82, 2.24) is 20.1 Å². The first kappa shape index (κ1) is 21.1. The van der Waals surface area contributed by atoms with Gasteiger partial charge in [0.05, 0.1) is 28.6 Å². The van der Waals surface area contributed by atoms with Crippen molar-refractivity contribution in [2.24, 2.45) is 0 Å². The molecule has 1 N–H and O–H groups in total. The Hall–Kier alpha value is -2.72. The predicted molar refractivity (Wildman–Crippen MR) is 121 cm³/mol. The van der Waals surface area contributed by atoms with Crippen molar-refractivity contribution in [3.05, 3.63) is 34.6 Å². The molecule has 0 aromatic carbocycles. The molecule has 2 aromatic heterocycles. The van der Waals surface area contributed by atoms with Gasteiger partial charge in [0.15, 0.2) is 0 Å². The van der Waals surface area contributed by atoms with Crippen molar-refractivity contribution >= 4 is 35.4 Å². The van der Waals surface area contributed by atoms with Crippen LogP contribution in [0.2, 0.25) is 0 Å². The van der Waals surface area contributed by atoms with Crippen molar-refractivity contribution in [3.8, 4) is 0 Å². The Balaban J connectivity index is 1.19. The standard InChI is InChI=1S/C22H26N6O3S/c1-12-16-8-14(9-17(16)13(2)26-25-12)27(3)7-6-15-10-28(22(30)31-15)19-5-4-18-21(23-19)24-20(29)11-32-18/h4-5,14-15H,6-11H2,1-3H3,(H,23,24,29). The van der Waals surface area contributed by atoms with Gasteiger partial charge in [0.25, 0.3) is 0 Å². The number of nitrogens with zero attached hydrogens (tertiary/aromatic N) is 5. The third-order valence-corrected chi connectivity index (χ3v) is 7.55. The molecular formula is C22H26N6O3S. The van der Waals surface area contributed by atoms with Gasteiger partial charge in [0.1, 0.15) is 17.7 Å². The number of carbonyl (C=O) groups excluding carboxylic acids is 2. The van der Waals surface area contributed by atoms with Crippen LogP contribution in [0, 0.1) is 13.8 Å². The summed E-state index contributed by atoms with van der Waals surface area (Å²) in [6, 6.07) is 4.11. The quantitative estimate of drug-likeness (QED) is 0.735. The Labute approximate surface area is 190 Å². The third-order valence-electron chi connectivity index (χ3n) is 6.51. The van der Waals surface area contributed by atoms with Crippen LogP contribution >= 0.6 is 11.8 Å². The van der Waals surface area contributed by atoms with Crippen molar-refractivity contribution in [3.63, 3.8) is 0 Å². The van der Waals surface area contributed by atoms with Gasteiger partial charge in [-0.05, 0) is 63.4 Å². The van der Waals surface area contributed by atoms with Crippen LogP contribution in [-0.4, -0.2) is 70.1 Å². The SMILES string of the molecule is Cc1nnc(C)c2c1CC(N(C)CCC1CN(c3ccc4c(n3)NC(=O)CS4)C(=O)O1)C2. The van der Waals surface area contributed by atoms with Gasteiger partial charge in [-0.3, -0.25) is 9.69 Å². The highest BCUT2D eigenvalue weighted by atomic mass is 32.2. The molecule has 10 heteroatoms. The molecule has 4 heterocycles. The van der Waals surface area contributed by atoms with E-state index in [-0.39, 0.29) is 12.0 Å². The van der Waals surface area contributed by atoms with Crippen molar-refractivity contribution in [2.75, 3.05) is 36.1 Å². The van der Waals surface area contributed by atoms with Gasteiger partial charge in [-0.25, -0.2) is 9.78 Å². The lowest BCUT2D eigenvalue weighted by Crippen LogP contribution is -2.35. The second-order valence-electron chi connectivity index (χ2n) is 8.63. The van der Waals surface area contributed by atoms with E-state index in [9.17, 15) is 9.59 Å². The van der Waals surface area contributed by atoms with Crippen LogP contribution in [0.1, 0.15) is 28.9 Å². The molecule has 9 nitrogen and oxygen atoms in total. The summed E-state index contributed by atoms with van der Waals surface area (Å²) in [6.45, 7) is 5.34. The van der Waals surface area contributed by atoms with E-state index in [4.69, 9.17) is 4.74 Å². The number of hydrogen-bond donors (Lipinski definition) is 1. The van der Waals surface area contributed by atoms with Gasteiger partial charge in [0, 0.05) is 12.6 Å². The van der Waals surface area contributed by atoms with Crippen LogP contribution in [0.4, 0.5) is 16.4 Å². The first-order valence-electron chi connectivity index (χ1n) is 10.8. The Morgan fingerprint density at radius 2 is 1.91 bits per heavy atom. The van der Waals surface area contributed by atoms with E-state index in [0.29, 0.717) is 30.0 Å². The largest absolute Gasteiger partial charge is 0.444 e. The van der Waals surface area contributed by atoms with Gasteiger partial charge in [-0.15, -0.1) is 11.8 Å². The van der Waals surface area contributed by atoms with E-state index in [1.807, 2.05) is 26.0 Å². The number of aromatic nitrogens is 3. The highest BCUT2D eigenvalue weighted by molar-refractivity contribution is 8.00. The molecule has 0 spiro atoms. The van der Waals surface area contributed by atoms with Crippen LogP contribution in [0.15, 0.2) is 17.0 Å². The number of hydrogen-bond acceptors (Lipinski definition) is 8. The summed E-state index contributed by atoms with van der Waals surface area (Å²) in [6.07, 6.45) is 2.12. The number of ether oxygens (including phenoxy) is 1. The van der Waals surface area contributed by atoms with Gasteiger partial charge in [0.2, 0.25) is 5.91 Å². The average Bonchev–Trinajstić information content (AvgIpc) is 3.39. The molecule has 1 fully saturated rings. The lowest BCUT2D eigenvalue weighted by molar-refractivity contribution is -0.113. The zero-order valence-corrected chi connectivity index (χ0v) is 19.2. The van der Waals surface area contributed by atoms with Gasteiger partial charge < -0.3 is 15.0 Å². The summed E-state index contributed by atoms with van der Waals surface area (Å²) in [5, 5.41) is 11.3. The molecule has 0 bridgehead atoms.